The minimum absolute atomic E-state index is 0.108. The number of aliphatic carboxylic acids is 1. The number of ether oxygens (including phenoxy) is 2. The van der Waals surface area contributed by atoms with Crippen molar-refractivity contribution < 1.29 is 19.4 Å². The molecule has 0 aliphatic heterocycles. The van der Waals surface area contributed by atoms with Crippen molar-refractivity contribution in [1.29, 1.82) is 0 Å². The van der Waals surface area contributed by atoms with E-state index in [0.717, 1.165) is 35.6 Å². The van der Waals surface area contributed by atoms with Crippen molar-refractivity contribution in [3.05, 3.63) is 94.5 Å². The van der Waals surface area contributed by atoms with Gasteiger partial charge in [0.25, 0.3) is 0 Å². The Hall–Kier alpha value is -2.96. The molecule has 0 fully saturated rings. The van der Waals surface area contributed by atoms with Crippen LogP contribution < -0.4 is 4.74 Å². The van der Waals surface area contributed by atoms with Crippen LogP contribution in [-0.2, 0) is 21.7 Å². The highest BCUT2D eigenvalue weighted by molar-refractivity contribution is 7.98. The molecular weight excluding hydrogens is 458 g/mol. The first-order valence-corrected chi connectivity index (χ1v) is 12.0. The second-order valence-corrected chi connectivity index (χ2v) is 8.66. The van der Waals surface area contributed by atoms with E-state index in [1.165, 1.54) is 11.6 Å². The van der Waals surface area contributed by atoms with Crippen molar-refractivity contribution in [3.63, 3.8) is 0 Å². The Balaban J connectivity index is 1.51. The summed E-state index contributed by atoms with van der Waals surface area (Å²) in [4.78, 5) is 17.2. The zero-order chi connectivity index (χ0) is 23.5. The molecule has 0 radical (unpaired) electrons. The molecule has 3 aromatic rings. The van der Waals surface area contributed by atoms with Crippen LogP contribution in [0.3, 0.4) is 0 Å². The fourth-order valence-corrected chi connectivity index (χ4v) is 4.22. The molecule has 0 bridgehead atoms. The normalized spacial score (nSPS) is 11.3. The van der Waals surface area contributed by atoms with Crippen LogP contribution in [0.1, 0.15) is 29.8 Å². The summed E-state index contributed by atoms with van der Waals surface area (Å²) in [6.07, 6.45) is 4.01. The van der Waals surface area contributed by atoms with Gasteiger partial charge in [0.2, 0.25) is 5.76 Å². The largest absolute Gasteiger partial charge is 0.497 e. The summed E-state index contributed by atoms with van der Waals surface area (Å²) in [5.41, 5.74) is 2.58. The van der Waals surface area contributed by atoms with Crippen molar-refractivity contribution in [1.82, 2.24) is 4.98 Å². The smallest absolute Gasteiger partial charge is 0.371 e. The lowest BCUT2D eigenvalue weighted by molar-refractivity contribution is -0.136. The van der Waals surface area contributed by atoms with Crippen LogP contribution in [0.4, 0.5) is 0 Å². The zero-order valence-corrected chi connectivity index (χ0v) is 19.9. The zero-order valence-electron chi connectivity index (χ0n) is 18.4. The van der Waals surface area contributed by atoms with Crippen molar-refractivity contribution in [2.75, 3.05) is 13.7 Å². The fraction of sp³-hybridized carbons (Fsp3) is 0.231. The number of carboxylic acid groups (broad SMARTS) is 1. The molecule has 0 amide bonds. The Morgan fingerprint density at radius 3 is 2.58 bits per heavy atom. The third kappa shape index (κ3) is 8.15. The Morgan fingerprint density at radius 1 is 1.06 bits per heavy atom. The van der Waals surface area contributed by atoms with Crippen LogP contribution in [0, 0.1) is 0 Å². The van der Waals surface area contributed by atoms with Crippen molar-refractivity contribution in [2.24, 2.45) is 0 Å². The van der Waals surface area contributed by atoms with Gasteiger partial charge in [-0.15, -0.1) is 11.8 Å². The summed E-state index contributed by atoms with van der Waals surface area (Å²) in [6, 6.07) is 21.1. The molecule has 1 N–H and O–H groups in total. The van der Waals surface area contributed by atoms with Crippen LogP contribution in [0.5, 0.6) is 5.75 Å². The standard InChI is InChI=1S/C26H26ClNO4S/c1-31-22-14-12-19(13-15-22)7-4-5-16-32-24(26(29)30)17-20-8-6-9-21(28-20)18-33-25-11-3-2-10-23(25)27/h2-3,6,8-15,17H,4-5,7,16,18H2,1H3,(H,29,30)/b24-17+. The second-order valence-electron chi connectivity index (χ2n) is 7.24. The number of carboxylic acids is 1. The number of pyridine rings is 1. The van der Waals surface area contributed by atoms with Gasteiger partial charge in [-0.05, 0) is 61.2 Å². The first-order valence-electron chi connectivity index (χ1n) is 10.6. The number of carbonyl (C=O) groups is 1. The lowest BCUT2D eigenvalue weighted by Gasteiger charge is -2.08. The highest BCUT2D eigenvalue weighted by Crippen LogP contribution is 2.29. The predicted molar refractivity (Wildman–Crippen MR) is 133 cm³/mol. The van der Waals surface area contributed by atoms with Crippen LogP contribution in [0.25, 0.3) is 6.08 Å². The average Bonchev–Trinajstić information content (AvgIpc) is 2.83. The van der Waals surface area contributed by atoms with E-state index in [1.54, 1.807) is 24.9 Å². The quantitative estimate of drug-likeness (QED) is 0.137. The van der Waals surface area contributed by atoms with Crippen LogP contribution in [0.15, 0.2) is 77.4 Å². The molecule has 0 aliphatic rings. The number of thioether (sulfide) groups is 1. The van der Waals surface area contributed by atoms with E-state index in [4.69, 9.17) is 21.1 Å². The van der Waals surface area contributed by atoms with Crippen LogP contribution >= 0.6 is 23.4 Å². The Bertz CT molecular complexity index is 1090. The number of aromatic nitrogens is 1. The van der Waals surface area contributed by atoms with E-state index in [0.29, 0.717) is 23.1 Å². The van der Waals surface area contributed by atoms with Gasteiger partial charge in [0.05, 0.1) is 30.1 Å². The molecule has 0 unspecified atom stereocenters. The SMILES string of the molecule is COc1ccc(CCCCO/C(=C/c2cccc(CSc3ccccc3Cl)n2)C(=O)O)cc1. The number of hydrogen-bond acceptors (Lipinski definition) is 5. The number of methoxy groups -OCH3 is 1. The third-order valence-corrected chi connectivity index (χ3v) is 6.36. The number of unbranched alkanes of at least 4 members (excludes halogenated alkanes) is 1. The van der Waals surface area contributed by atoms with E-state index in [2.05, 4.69) is 4.98 Å². The Kier molecular flexibility index (Phi) is 9.66. The van der Waals surface area contributed by atoms with Gasteiger partial charge in [-0.25, -0.2) is 4.79 Å². The van der Waals surface area contributed by atoms with E-state index in [1.807, 2.05) is 60.7 Å². The summed E-state index contributed by atoms with van der Waals surface area (Å²) in [5, 5.41) is 10.2. The summed E-state index contributed by atoms with van der Waals surface area (Å²) in [5.74, 6) is 0.240. The maximum Gasteiger partial charge on any atom is 0.371 e. The second kappa shape index (κ2) is 12.9. The number of hydrogen-bond donors (Lipinski definition) is 1. The van der Waals surface area contributed by atoms with Gasteiger partial charge in [-0.3, -0.25) is 4.98 Å². The van der Waals surface area contributed by atoms with E-state index in [9.17, 15) is 9.90 Å². The minimum Gasteiger partial charge on any atom is -0.497 e. The maximum atomic E-state index is 11.6. The summed E-state index contributed by atoms with van der Waals surface area (Å²) in [6.45, 7) is 0.330. The molecule has 5 nitrogen and oxygen atoms in total. The highest BCUT2D eigenvalue weighted by Gasteiger charge is 2.10. The molecule has 3 rings (SSSR count). The van der Waals surface area contributed by atoms with Gasteiger partial charge in [-0.2, -0.15) is 0 Å². The third-order valence-electron chi connectivity index (χ3n) is 4.81. The minimum atomic E-state index is -1.11. The molecule has 0 saturated heterocycles. The average molecular weight is 484 g/mol. The molecular formula is C26H26ClNO4S. The topological polar surface area (TPSA) is 68.7 Å². The molecule has 0 aliphatic carbocycles. The number of nitrogens with zero attached hydrogens (tertiary/aromatic N) is 1. The molecule has 0 saturated carbocycles. The van der Waals surface area contributed by atoms with Crippen molar-refractivity contribution >= 4 is 35.4 Å². The van der Waals surface area contributed by atoms with Gasteiger partial charge < -0.3 is 14.6 Å². The first-order chi connectivity index (χ1) is 16.0. The molecule has 2 aromatic carbocycles. The first kappa shape index (κ1) is 24.7. The number of rotatable bonds is 12. The molecule has 0 spiro atoms. The summed E-state index contributed by atoms with van der Waals surface area (Å²) in [7, 11) is 1.64. The highest BCUT2D eigenvalue weighted by atomic mass is 35.5. The molecule has 1 aromatic heterocycles. The molecule has 0 atom stereocenters. The predicted octanol–water partition coefficient (Wildman–Crippen LogP) is 6.50. The van der Waals surface area contributed by atoms with Gasteiger partial charge >= 0.3 is 5.97 Å². The molecule has 172 valence electrons. The molecule has 33 heavy (non-hydrogen) atoms. The monoisotopic (exact) mass is 483 g/mol. The lowest BCUT2D eigenvalue weighted by Crippen LogP contribution is -2.07. The summed E-state index contributed by atoms with van der Waals surface area (Å²) < 4.78 is 10.7. The van der Waals surface area contributed by atoms with Gasteiger partial charge in [0, 0.05) is 16.7 Å². The van der Waals surface area contributed by atoms with Crippen LogP contribution in [-0.4, -0.2) is 29.8 Å². The van der Waals surface area contributed by atoms with Crippen molar-refractivity contribution in [3.8, 4) is 5.75 Å². The van der Waals surface area contributed by atoms with Crippen LogP contribution in [0.2, 0.25) is 5.02 Å². The van der Waals surface area contributed by atoms with E-state index < -0.39 is 5.97 Å². The van der Waals surface area contributed by atoms with Gasteiger partial charge in [0.15, 0.2) is 0 Å². The van der Waals surface area contributed by atoms with E-state index >= 15 is 0 Å². The van der Waals surface area contributed by atoms with Gasteiger partial charge in [0.1, 0.15) is 5.75 Å². The fourth-order valence-electron chi connectivity index (χ4n) is 3.08. The number of benzene rings is 2. The summed E-state index contributed by atoms with van der Waals surface area (Å²) >= 11 is 7.79. The number of aryl methyl sites for hydroxylation is 1. The molecule has 7 heteroatoms. The Labute approximate surface area is 203 Å². The van der Waals surface area contributed by atoms with Gasteiger partial charge in [-0.1, -0.05) is 41.9 Å². The Morgan fingerprint density at radius 2 is 1.85 bits per heavy atom. The van der Waals surface area contributed by atoms with E-state index in [-0.39, 0.29) is 5.76 Å². The lowest BCUT2D eigenvalue weighted by atomic mass is 10.1. The van der Waals surface area contributed by atoms with Crippen molar-refractivity contribution in [2.45, 2.75) is 29.9 Å². The number of halogens is 1. The maximum absolute atomic E-state index is 11.6. The molecule has 1 heterocycles.